The normalized spacial score (nSPS) is 22.6. The van der Waals surface area contributed by atoms with Crippen LogP contribution in [0.5, 0.6) is 0 Å². The highest BCUT2D eigenvalue weighted by Crippen LogP contribution is 2.12. The Balaban J connectivity index is 1.35. The van der Waals surface area contributed by atoms with Crippen molar-refractivity contribution in [3.05, 3.63) is 35.9 Å². The van der Waals surface area contributed by atoms with Gasteiger partial charge in [0.25, 0.3) is 0 Å². The first kappa shape index (κ1) is 18.4. The van der Waals surface area contributed by atoms with Gasteiger partial charge in [-0.25, -0.2) is 0 Å². The molecule has 2 heterocycles. The molecule has 0 saturated carbocycles. The van der Waals surface area contributed by atoms with Gasteiger partial charge in [0.1, 0.15) is 0 Å². The van der Waals surface area contributed by atoms with Gasteiger partial charge in [-0.1, -0.05) is 30.3 Å². The predicted octanol–water partition coefficient (Wildman–Crippen LogP) is 2.23. The van der Waals surface area contributed by atoms with E-state index in [2.05, 4.69) is 40.5 Å². The number of hydrogen-bond acceptors (Lipinski definition) is 4. The van der Waals surface area contributed by atoms with E-state index in [0.29, 0.717) is 19.0 Å². The Labute approximate surface area is 151 Å². The van der Waals surface area contributed by atoms with E-state index in [1.54, 1.807) is 0 Å². The van der Waals surface area contributed by atoms with E-state index in [1.807, 2.05) is 5.06 Å². The van der Waals surface area contributed by atoms with E-state index >= 15 is 0 Å². The van der Waals surface area contributed by atoms with Gasteiger partial charge in [-0.05, 0) is 44.2 Å². The van der Waals surface area contributed by atoms with Gasteiger partial charge in [-0.3, -0.25) is 9.63 Å². The molecule has 25 heavy (non-hydrogen) atoms. The Kier molecular flexibility index (Phi) is 7.27. The van der Waals surface area contributed by atoms with Crippen molar-refractivity contribution in [1.82, 2.24) is 15.3 Å². The lowest BCUT2D eigenvalue weighted by molar-refractivity contribution is -0.181. The molecule has 138 valence electrons. The lowest BCUT2D eigenvalue weighted by Gasteiger charge is -2.33. The van der Waals surface area contributed by atoms with Crippen molar-refractivity contribution in [3.8, 4) is 0 Å². The molecule has 0 bridgehead atoms. The fourth-order valence-corrected chi connectivity index (χ4v) is 3.66. The second kappa shape index (κ2) is 9.90. The molecule has 0 radical (unpaired) electrons. The minimum Gasteiger partial charge on any atom is -0.352 e. The summed E-state index contributed by atoms with van der Waals surface area (Å²) < 4.78 is 0. The summed E-state index contributed by atoms with van der Waals surface area (Å²) in [6.45, 7) is 5.62. The van der Waals surface area contributed by atoms with Crippen LogP contribution in [0.25, 0.3) is 0 Å². The SMILES string of the molecule is O=C(CCN1CCCCO1)NC1CCCN(CCc2ccccc2)C1. The minimum absolute atomic E-state index is 0.157. The first-order valence-corrected chi connectivity index (χ1v) is 9.73. The molecule has 0 spiro atoms. The number of carbonyl (C=O) groups is 1. The van der Waals surface area contributed by atoms with E-state index < -0.39 is 0 Å². The van der Waals surface area contributed by atoms with Gasteiger partial charge >= 0.3 is 0 Å². The van der Waals surface area contributed by atoms with Crippen LogP contribution in [0.2, 0.25) is 0 Å². The zero-order valence-electron chi connectivity index (χ0n) is 15.2. The Morgan fingerprint density at radius 1 is 1.12 bits per heavy atom. The van der Waals surface area contributed by atoms with Crippen LogP contribution < -0.4 is 5.32 Å². The lowest BCUT2D eigenvalue weighted by atomic mass is 10.0. The summed E-state index contributed by atoms with van der Waals surface area (Å²) in [5.41, 5.74) is 1.38. The molecule has 2 saturated heterocycles. The van der Waals surface area contributed by atoms with E-state index in [1.165, 1.54) is 12.0 Å². The van der Waals surface area contributed by atoms with Crippen LogP contribution in [0.1, 0.15) is 37.7 Å². The van der Waals surface area contributed by atoms with Crippen LogP contribution in [0.4, 0.5) is 0 Å². The lowest BCUT2D eigenvalue weighted by Crippen LogP contribution is -2.48. The number of hydrogen-bond donors (Lipinski definition) is 1. The summed E-state index contributed by atoms with van der Waals surface area (Å²) in [7, 11) is 0. The molecule has 1 aromatic carbocycles. The smallest absolute Gasteiger partial charge is 0.221 e. The zero-order valence-corrected chi connectivity index (χ0v) is 15.2. The molecule has 0 aromatic heterocycles. The quantitative estimate of drug-likeness (QED) is 0.823. The Morgan fingerprint density at radius 3 is 2.80 bits per heavy atom. The number of nitrogens with one attached hydrogen (secondary N) is 1. The van der Waals surface area contributed by atoms with Crippen LogP contribution in [0.15, 0.2) is 30.3 Å². The van der Waals surface area contributed by atoms with Crippen LogP contribution in [-0.2, 0) is 16.1 Å². The molecule has 5 heteroatoms. The van der Waals surface area contributed by atoms with Crippen molar-refractivity contribution >= 4 is 5.91 Å². The standard InChI is InChI=1S/C20H31N3O2/c24-20(11-15-23-13-4-5-16-25-23)21-19-9-6-12-22(17-19)14-10-18-7-2-1-3-8-18/h1-3,7-8,19H,4-6,9-17H2,(H,21,24). The van der Waals surface area contributed by atoms with Crippen molar-refractivity contribution in [2.24, 2.45) is 0 Å². The van der Waals surface area contributed by atoms with Gasteiger partial charge in [0.15, 0.2) is 0 Å². The van der Waals surface area contributed by atoms with Crippen molar-refractivity contribution in [2.45, 2.75) is 44.6 Å². The number of amides is 1. The fraction of sp³-hybridized carbons (Fsp3) is 0.650. The van der Waals surface area contributed by atoms with Gasteiger partial charge in [-0.15, -0.1) is 0 Å². The largest absolute Gasteiger partial charge is 0.352 e. The summed E-state index contributed by atoms with van der Waals surface area (Å²) in [6.07, 6.45) is 6.15. The van der Waals surface area contributed by atoms with Gasteiger partial charge in [0.05, 0.1) is 6.61 Å². The van der Waals surface area contributed by atoms with Crippen molar-refractivity contribution in [1.29, 1.82) is 0 Å². The third-order valence-corrected chi connectivity index (χ3v) is 5.09. The van der Waals surface area contributed by atoms with Gasteiger partial charge in [0.2, 0.25) is 5.91 Å². The monoisotopic (exact) mass is 345 g/mol. The third-order valence-electron chi connectivity index (χ3n) is 5.09. The Bertz CT molecular complexity index is 517. The molecular formula is C20H31N3O2. The maximum atomic E-state index is 12.2. The average molecular weight is 345 g/mol. The van der Waals surface area contributed by atoms with Crippen LogP contribution in [0, 0.1) is 0 Å². The molecule has 5 nitrogen and oxygen atoms in total. The molecule has 1 N–H and O–H groups in total. The Morgan fingerprint density at radius 2 is 2.00 bits per heavy atom. The average Bonchev–Trinajstić information content (AvgIpc) is 2.67. The maximum Gasteiger partial charge on any atom is 0.221 e. The molecule has 0 aliphatic carbocycles. The first-order valence-electron chi connectivity index (χ1n) is 9.73. The molecule has 1 unspecified atom stereocenters. The molecule has 3 rings (SSSR count). The zero-order chi connectivity index (χ0) is 17.3. The number of rotatable bonds is 7. The van der Waals surface area contributed by atoms with E-state index in [4.69, 9.17) is 4.84 Å². The minimum atomic E-state index is 0.157. The van der Waals surface area contributed by atoms with E-state index in [-0.39, 0.29) is 5.91 Å². The van der Waals surface area contributed by atoms with Gasteiger partial charge in [0, 0.05) is 38.6 Å². The number of hydroxylamine groups is 2. The highest BCUT2D eigenvalue weighted by molar-refractivity contribution is 5.76. The molecule has 2 aliphatic heterocycles. The molecule has 2 fully saturated rings. The van der Waals surface area contributed by atoms with E-state index in [0.717, 1.165) is 58.5 Å². The number of carbonyl (C=O) groups excluding carboxylic acids is 1. The molecular weight excluding hydrogens is 314 g/mol. The molecule has 1 aromatic rings. The number of likely N-dealkylation sites (tertiary alicyclic amines) is 1. The summed E-state index contributed by atoms with van der Waals surface area (Å²) in [5, 5.41) is 5.16. The van der Waals surface area contributed by atoms with Crippen molar-refractivity contribution < 1.29 is 9.63 Å². The van der Waals surface area contributed by atoms with Crippen LogP contribution >= 0.6 is 0 Å². The highest BCUT2D eigenvalue weighted by atomic mass is 16.7. The van der Waals surface area contributed by atoms with E-state index in [9.17, 15) is 4.79 Å². The summed E-state index contributed by atoms with van der Waals surface area (Å²) >= 11 is 0. The van der Waals surface area contributed by atoms with Crippen LogP contribution in [-0.4, -0.2) is 61.2 Å². The van der Waals surface area contributed by atoms with Crippen LogP contribution in [0.3, 0.4) is 0 Å². The second-order valence-corrected chi connectivity index (χ2v) is 7.16. The summed E-state index contributed by atoms with van der Waals surface area (Å²) in [4.78, 5) is 20.3. The topological polar surface area (TPSA) is 44.8 Å². The fourth-order valence-electron chi connectivity index (χ4n) is 3.66. The van der Waals surface area contributed by atoms with Gasteiger partial charge in [-0.2, -0.15) is 5.06 Å². The Hall–Kier alpha value is -1.43. The van der Waals surface area contributed by atoms with Crippen molar-refractivity contribution in [2.75, 3.05) is 39.3 Å². The third kappa shape index (κ3) is 6.42. The highest BCUT2D eigenvalue weighted by Gasteiger charge is 2.21. The molecule has 1 amide bonds. The number of nitrogens with zero attached hydrogens (tertiary/aromatic N) is 2. The predicted molar refractivity (Wildman–Crippen MR) is 99.1 cm³/mol. The van der Waals surface area contributed by atoms with Gasteiger partial charge < -0.3 is 10.2 Å². The second-order valence-electron chi connectivity index (χ2n) is 7.16. The first-order chi connectivity index (χ1) is 12.3. The maximum absolute atomic E-state index is 12.2. The molecule has 1 atom stereocenters. The molecule has 2 aliphatic rings. The van der Waals surface area contributed by atoms with Crippen molar-refractivity contribution in [3.63, 3.8) is 0 Å². The summed E-state index contributed by atoms with van der Waals surface area (Å²) in [6, 6.07) is 10.9. The summed E-state index contributed by atoms with van der Waals surface area (Å²) in [5.74, 6) is 0.157. The number of benzene rings is 1. The number of piperidine rings is 1.